The number of hydrogen-bond acceptors (Lipinski definition) is 2. The van der Waals surface area contributed by atoms with E-state index in [-0.39, 0.29) is 11.9 Å². The molecule has 1 unspecified atom stereocenters. The van der Waals surface area contributed by atoms with Crippen molar-refractivity contribution in [3.05, 3.63) is 59.0 Å². The van der Waals surface area contributed by atoms with Gasteiger partial charge in [-0.05, 0) is 31.4 Å². The topological polar surface area (TPSA) is 42.2 Å². The summed E-state index contributed by atoms with van der Waals surface area (Å²) in [5.74, 6) is 1.65. The Morgan fingerprint density at radius 3 is 2.30 bits per heavy atom. The standard InChI is InChI=1S/C17H21NO2/c1-11(2)16(14-8-6-5-7-9-14)18-17(19)15-10-12(3)20-13(15)4/h5-11,16H,1-4H3,(H,18,19). The van der Waals surface area contributed by atoms with Crippen LogP contribution in [0.4, 0.5) is 0 Å². The highest BCUT2D eigenvalue weighted by Crippen LogP contribution is 2.23. The van der Waals surface area contributed by atoms with E-state index in [9.17, 15) is 4.79 Å². The lowest BCUT2D eigenvalue weighted by molar-refractivity contribution is 0.0924. The summed E-state index contributed by atoms with van der Waals surface area (Å²) in [4.78, 5) is 12.4. The van der Waals surface area contributed by atoms with Gasteiger partial charge in [0.05, 0.1) is 11.6 Å². The maximum absolute atomic E-state index is 12.4. The maximum atomic E-state index is 12.4. The van der Waals surface area contributed by atoms with Crippen molar-refractivity contribution in [1.82, 2.24) is 5.32 Å². The molecule has 0 radical (unpaired) electrons. The van der Waals surface area contributed by atoms with E-state index in [0.29, 0.717) is 17.2 Å². The molecule has 0 saturated heterocycles. The molecule has 106 valence electrons. The van der Waals surface area contributed by atoms with Gasteiger partial charge in [-0.1, -0.05) is 44.2 Å². The smallest absolute Gasteiger partial charge is 0.255 e. The van der Waals surface area contributed by atoms with Gasteiger partial charge in [-0.2, -0.15) is 0 Å². The van der Waals surface area contributed by atoms with Crippen molar-refractivity contribution in [2.24, 2.45) is 5.92 Å². The number of benzene rings is 1. The van der Waals surface area contributed by atoms with E-state index in [2.05, 4.69) is 19.2 Å². The molecule has 1 N–H and O–H groups in total. The average Bonchev–Trinajstić information content (AvgIpc) is 2.75. The van der Waals surface area contributed by atoms with E-state index < -0.39 is 0 Å². The van der Waals surface area contributed by atoms with Crippen LogP contribution in [0.3, 0.4) is 0 Å². The highest BCUT2D eigenvalue weighted by molar-refractivity contribution is 5.95. The quantitative estimate of drug-likeness (QED) is 0.912. The molecule has 0 saturated carbocycles. The van der Waals surface area contributed by atoms with Crippen molar-refractivity contribution >= 4 is 5.91 Å². The number of aryl methyl sites for hydroxylation is 2. The Bertz CT molecular complexity index is 584. The monoisotopic (exact) mass is 271 g/mol. The van der Waals surface area contributed by atoms with Gasteiger partial charge in [0.25, 0.3) is 5.91 Å². The minimum atomic E-state index is -0.0816. The fourth-order valence-electron chi connectivity index (χ4n) is 2.37. The lowest BCUT2D eigenvalue weighted by Gasteiger charge is -2.22. The maximum Gasteiger partial charge on any atom is 0.255 e. The molecule has 1 heterocycles. The Morgan fingerprint density at radius 2 is 1.80 bits per heavy atom. The summed E-state index contributed by atoms with van der Waals surface area (Å²) >= 11 is 0. The summed E-state index contributed by atoms with van der Waals surface area (Å²) in [5.41, 5.74) is 1.73. The van der Waals surface area contributed by atoms with E-state index in [1.165, 1.54) is 0 Å². The lowest BCUT2D eigenvalue weighted by Crippen LogP contribution is -2.31. The normalized spacial score (nSPS) is 12.4. The average molecular weight is 271 g/mol. The Hall–Kier alpha value is -2.03. The van der Waals surface area contributed by atoms with Gasteiger partial charge in [0.15, 0.2) is 0 Å². The molecule has 0 aliphatic heterocycles. The molecular formula is C17H21NO2. The predicted molar refractivity (Wildman–Crippen MR) is 79.7 cm³/mol. The molecule has 1 atom stereocenters. The van der Waals surface area contributed by atoms with Crippen LogP contribution >= 0.6 is 0 Å². The highest BCUT2D eigenvalue weighted by atomic mass is 16.3. The predicted octanol–water partition coefficient (Wildman–Crippen LogP) is 4.02. The number of furan rings is 1. The van der Waals surface area contributed by atoms with Crippen molar-refractivity contribution in [1.29, 1.82) is 0 Å². The van der Waals surface area contributed by atoms with E-state index in [1.54, 1.807) is 6.07 Å². The van der Waals surface area contributed by atoms with Crippen LogP contribution in [0.2, 0.25) is 0 Å². The van der Waals surface area contributed by atoms with Crippen molar-refractivity contribution in [2.45, 2.75) is 33.7 Å². The van der Waals surface area contributed by atoms with Crippen LogP contribution in [0.1, 0.15) is 47.3 Å². The zero-order valence-electron chi connectivity index (χ0n) is 12.4. The Labute approximate surface area is 120 Å². The fourth-order valence-corrected chi connectivity index (χ4v) is 2.37. The molecule has 0 bridgehead atoms. The van der Waals surface area contributed by atoms with Gasteiger partial charge in [-0.3, -0.25) is 4.79 Å². The van der Waals surface area contributed by atoms with Gasteiger partial charge in [0.1, 0.15) is 11.5 Å². The second kappa shape index (κ2) is 5.95. The number of nitrogens with one attached hydrogen (secondary N) is 1. The van der Waals surface area contributed by atoms with Gasteiger partial charge in [-0.15, -0.1) is 0 Å². The number of rotatable bonds is 4. The Balaban J connectivity index is 2.21. The molecule has 2 aromatic rings. The first-order valence-electron chi connectivity index (χ1n) is 6.92. The second-order valence-electron chi connectivity index (χ2n) is 5.43. The van der Waals surface area contributed by atoms with Crippen LogP contribution in [0.15, 0.2) is 40.8 Å². The first-order chi connectivity index (χ1) is 9.49. The highest BCUT2D eigenvalue weighted by Gasteiger charge is 2.21. The first-order valence-corrected chi connectivity index (χ1v) is 6.92. The molecule has 2 rings (SSSR count). The fraction of sp³-hybridized carbons (Fsp3) is 0.353. The summed E-state index contributed by atoms with van der Waals surface area (Å²) in [5, 5.41) is 3.10. The zero-order valence-corrected chi connectivity index (χ0v) is 12.4. The molecule has 1 aromatic carbocycles. The second-order valence-corrected chi connectivity index (χ2v) is 5.43. The third-order valence-electron chi connectivity index (χ3n) is 3.40. The zero-order chi connectivity index (χ0) is 14.7. The number of amides is 1. The SMILES string of the molecule is Cc1cc(C(=O)NC(c2ccccc2)C(C)C)c(C)o1. The molecule has 20 heavy (non-hydrogen) atoms. The first kappa shape index (κ1) is 14.4. The number of hydrogen-bond donors (Lipinski definition) is 1. The van der Waals surface area contributed by atoms with Gasteiger partial charge in [0, 0.05) is 0 Å². The molecule has 1 amide bonds. The van der Waals surface area contributed by atoms with Crippen LogP contribution < -0.4 is 5.32 Å². The number of carbonyl (C=O) groups excluding carboxylic acids is 1. The summed E-state index contributed by atoms with van der Waals surface area (Å²) < 4.78 is 5.42. The summed E-state index contributed by atoms with van der Waals surface area (Å²) in [6, 6.07) is 11.8. The van der Waals surface area contributed by atoms with Crippen LogP contribution in [0, 0.1) is 19.8 Å². The summed E-state index contributed by atoms with van der Waals surface area (Å²) in [7, 11) is 0. The van der Waals surface area contributed by atoms with E-state index in [0.717, 1.165) is 11.3 Å². The van der Waals surface area contributed by atoms with Crippen LogP contribution in [0.25, 0.3) is 0 Å². The Kier molecular flexibility index (Phi) is 4.28. The lowest BCUT2D eigenvalue weighted by atomic mass is 9.95. The largest absolute Gasteiger partial charge is 0.466 e. The van der Waals surface area contributed by atoms with Crippen molar-refractivity contribution in [2.75, 3.05) is 0 Å². The molecule has 0 aliphatic carbocycles. The third kappa shape index (κ3) is 3.10. The van der Waals surface area contributed by atoms with E-state index in [1.807, 2.05) is 44.2 Å². The molecule has 0 spiro atoms. The minimum absolute atomic E-state index is 0.00157. The molecule has 3 heteroatoms. The van der Waals surface area contributed by atoms with E-state index in [4.69, 9.17) is 4.42 Å². The molecule has 1 aromatic heterocycles. The molecule has 3 nitrogen and oxygen atoms in total. The summed E-state index contributed by atoms with van der Waals surface area (Å²) in [6.07, 6.45) is 0. The van der Waals surface area contributed by atoms with Gasteiger partial charge in [0.2, 0.25) is 0 Å². The van der Waals surface area contributed by atoms with Crippen molar-refractivity contribution in [3.63, 3.8) is 0 Å². The molecule has 0 fully saturated rings. The summed E-state index contributed by atoms with van der Waals surface area (Å²) in [6.45, 7) is 7.87. The minimum Gasteiger partial charge on any atom is -0.466 e. The van der Waals surface area contributed by atoms with Gasteiger partial charge in [-0.25, -0.2) is 0 Å². The molecular weight excluding hydrogens is 250 g/mol. The van der Waals surface area contributed by atoms with Gasteiger partial charge < -0.3 is 9.73 Å². The number of carbonyl (C=O) groups is 1. The Morgan fingerprint density at radius 1 is 1.15 bits per heavy atom. The molecule has 0 aliphatic rings. The van der Waals surface area contributed by atoms with E-state index >= 15 is 0 Å². The van der Waals surface area contributed by atoms with Gasteiger partial charge >= 0.3 is 0 Å². The van der Waals surface area contributed by atoms with Crippen LogP contribution in [-0.4, -0.2) is 5.91 Å². The van der Waals surface area contributed by atoms with Crippen molar-refractivity contribution in [3.8, 4) is 0 Å². The van der Waals surface area contributed by atoms with Crippen LogP contribution in [-0.2, 0) is 0 Å². The van der Waals surface area contributed by atoms with Crippen molar-refractivity contribution < 1.29 is 9.21 Å². The van der Waals surface area contributed by atoms with Crippen LogP contribution in [0.5, 0.6) is 0 Å². The third-order valence-corrected chi connectivity index (χ3v) is 3.40.